The van der Waals surface area contributed by atoms with Crippen molar-refractivity contribution in [3.8, 4) is 11.1 Å². The first-order valence-corrected chi connectivity index (χ1v) is 9.70. The Balaban J connectivity index is 2.12. The lowest BCUT2D eigenvalue weighted by molar-refractivity contribution is 0.413. The van der Waals surface area contributed by atoms with Crippen molar-refractivity contribution in [2.24, 2.45) is 11.5 Å². The Morgan fingerprint density at radius 1 is 0.833 bits per heavy atom. The standard InChI is InChI=1S/C18H25N3O2S/c19-11-4-14-24(22,23)21(13-12-20)15-16-7-9-18(10-8-16)17-5-2-1-3-6-17/h1-3,5-10H,4,11-15,19-20H2. The van der Waals surface area contributed by atoms with Crippen molar-refractivity contribution in [2.75, 3.05) is 25.4 Å². The number of benzene rings is 2. The van der Waals surface area contributed by atoms with Gasteiger partial charge in [-0.15, -0.1) is 0 Å². The largest absolute Gasteiger partial charge is 0.330 e. The predicted molar refractivity (Wildman–Crippen MR) is 98.8 cm³/mol. The molecule has 0 amide bonds. The van der Waals surface area contributed by atoms with E-state index in [1.807, 2.05) is 54.6 Å². The summed E-state index contributed by atoms with van der Waals surface area (Å²) in [5, 5.41) is 0. The van der Waals surface area contributed by atoms with Gasteiger partial charge in [-0.05, 0) is 29.7 Å². The van der Waals surface area contributed by atoms with Gasteiger partial charge in [0.05, 0.1) is 5.75 Å². The van der Waals surface area contributed by atoms with E-state index in [9.17, 15) is 8.42 Å². The second kappa shape index (κ2) is 8.94. The molecule has 0 aliphatic carbocycles. The van der Waals surface area contributed by atoms with Crippen LogP contribution in [-0.4, -0.2) is 38.1 Å². The third-order valence-corrected chi connectivity index (χ3v) is 5.70. The smallest absolute Gasteiger partial charge is 0.214 e. The molecule has 0 radical (unpaired) electrons. The normalized spacial score (nSPS) is 11.8. The fraction of sp³-hybridized carbons (Fsp3) is 0.333. The number of sulfonamides is 1. The van der Waals surface area contributed by atoms with Gasteiger partial charge < -0.3 is 11.5 Å². The average molecular weight is 347 g/mol. The molecule has 0 aliphatic rings. The van der Waals surface area contributed by atoms with E-state index in [2.05, 4.69) is 0 Å². The molecule has 2 aromatic carbocycles. The molecular weight excluding hydrogens is 322 g/mol. The first-order valence-electron chi connectivity index (χ1n) is 8.09. The van der Waals surface area contributed by atoms with Crippen molar-refractivity contribution >= 4 is 10.0 Å². The van der Waals surface area contributed by atoms with Crippen LogP contribution in [0.3, 0.4) is 0 Å². The molecule has 5 nitrogen and oxygen atoms in total. The summed E-state index contributed by atoms with van der Waals surface area (Å²) in [5.74, 6) is 0.0611. The van der Waals surface area contributed by atoms with Gasteiger partial charge in [-0.2, -0.15) is 4.31 Å². The van der Waals surface area contributed by atoms with Crippen molar-refractivity contribution in [3.63, 3.8) is 0 Å². The molecule has 0 aromatic heterocycles. The van der Waals surface area contributed by atoms with Gasteiger partial charge in [-0.25, -0.2) is 8.42 Å². The molecule has 0 aliphatic heterocycles. The third-order valence-electron chi connectivity index (χ3n) is 3.80. The molecule has 0 bridgehead atoms. The minimum absolute atomic E-state index is 0.0611. The van der Waals surface area contributed by atoms with E-state index in [0.29, 0.717) is 32.6 Å². The van der Waals surface area contributed by atoms with Gasteiger partial charge in [0.15, 0.2) is 0 Å². The Labute approximate surface area is 144 Å². The fourth-order valence-electron chi connectivity index (χ4n) is 2.49. The highest BCUT2D eigenvalue weighted by Crippen LogP contribution is 2.20. The van der Waals surface area contributed by atoms with E-state index in [1.54, 1.807) is 0 Å². The minimum atomic E-state index is -3.33. The molecule has 4 N–H and O–H groups in total. The molecule has 0 heterocycles. The minimum Gasteiger partial charge on any atom is -0.330 e. The summed E-state index contributed by atoms with van der Waals surface area (Å²) in [6.07, 6.45) is 0.455. The molecule has 0 atom stereocenters. The van der Waals surface area contributed by atoms with Gasteiger partial charge in [0.25, 0.3) is 0 Å². The maximum absolute atomic E-state index is 12.4. The van der Waals surface area contributed by atoms with Gasteiger partial charge in [-0.3, -0.25) is 0 Å². The van der Waals surface area contributed by atoms with Crippen LogP contribution in [0.25, 0.3) is 11.1 Å². The van der Waals surface area contributed by atoms with E-state index in [-0.39, 0.29) is 5.75 Å². The van der Waals surface area contributed by atoms with Crippen LogP contribution in [0.5, 0.6) is 0 Å². The van der Waals surface area contributed by atoms with Crippen LogP contribution in [0.4, 0.5) is 0 Å². The van der Waals surface area contributed by atoms with Crippen molar-refractivity contribution in [1.29, 1.82) is 0 Å². The van der Waals surface area contributed by atoms with Crippen molar-refractivity contribution < 1.29 is 8.42 Å². The Morgan fingerprint density at radius 3 is 2.04 bits per heavy atom. The van der Waals surface area contributed by atoms with E-state index in [0.717, 1.165) is 16.7 Å². The van der Waals surface area contributed by atoms with Gasteiger partial charge >= 0.3 is 0 Å². The van der Waals surface area contributed by atoms with Crippen LogP contribution in [-0.2, 0) is 16.6 Å². The number of rotatable bonds is 9. The lowest BCUT2D eigenvalue weighted by Crippen LogP contribution is -2.36. The fourth-order valence-corrected chi connectivity index (χ4v) is 4.01. The molecule has 0 saturated heterocycles. The van der Waals surface area contributed by atoms with Crippen molar-refractivity contribution in [1.82, 2.24) is 4.31 Å². The zero-order valence-electron chi connectivity index (χ0n) is 13.8. The van der Waals surface area contributed by atoms with Gasteiger partial charge in [0, 0.05) is 19.6 Å². The molecule has 0 saturated carbocycles. The topological polar surface area (TPSA) is 89.4 Å². The molecule has 0 spiro atoms. The predicted octanol–water partition coefficient (Wildman–Crippen LogP) is 1.79. The molecule has 2 rings (SSSR count). The number of nitrogens with zero attached hydrogens (tertiary/aromatic N) is 1. The van der Waals surface area contributed by atoms with Crippen molar-refractivity contribution in [2.45, 2.75) is 13.0 Å². The Bertz CT molecular complexity index is 716. The summed E-state index contributed by atoms with van der Waals surface area (Å²) in [4.78, 5) is 0. The highest BCUT2D eigenvalue weighted by atomic mass is 32.2. The summed E-state index contributed by atoms with van der Waals surface area (Å²) >= 11 is 0. The summed E-state index contributed by atoms with van der Waals surface area (Å²) in [7, 11) is -3.33. The number of hydrogen-bond acceptors (Lipinski definition) is 4. The quantitative estimate of drug-likeness (QED) is 0.724. The van der Waals surface area contributed by atoms with Gasteiger partial charge in [-0.1, -0.05) is 54.6 Å². The lowest BCUT2D eigenvalue weighted by Gasteiger charge is -2.21. The highest BCUT2D eigenvalue weighted by Gasteiger charge is 2.21. The van der Waals surface area contributed by atoms with Crippen molar-refractivity contribution in [3.05, 3.63) is 60.2 Å². The molecule has 0 unspecified atom stereocenters. The molecule has 6 heteroatoms. The zero-order chi connectivity index (χ0) is 17.4. The van der Waals surface area contributed by atoms with Crippen LogP contribution >= 0.6 is 0 Å². The second-order valence-electron chi connectivity index (χ2n) is 5.64. The van der Waals surface area contributed by atoms with E-state index in [4.69, 9.17) is 11.5 Å². The Hall–Kier alpha value is -1.73. The summed E-state index contributed by atoms with van der Waals surface area (Å²) in [6, 6.07) is 18.0. The first kappa shape index (κ1) is 18.6. The monoisotopic (exact) mass is 347 g/mol. The molecule has 24 heavy (non-hydrogen) atoms. The Morgan fingerprint density at radius 2 is 1.46 bits per heavy atom. The highest BCUT2D eigenvalue weighted by molar-refractivity contribution is 7.89. The van der Waals surface area contributed by atoms with E-state index in [1.165, 1.54) is 4.31 Å². The van der Waals surface area contributed by atoms with Crippen LogP contribution in [0.1, 0.15) is 12.0 Å². The lowest BCUT2D eigenvalue weighted by atomic mass is 10.0. The third kappa shape index (κ3) is 5.14. The number of hydrogen-bond donors (Lipinski definition) is 2. The van der Waals surface area contributed by atoms with Crippen LogP contribution < -0.4 is 11.5 Å². The van der Waals surface area contributed by atoms with Gasteiger partial charge in [0.1, 0.15) is 0 Å². The first-order chi connectivity index (χ1) is 11.6. The molecule has 130 valence electrons. The molecule has 0 fully saturated rings. The van der Waals surface area contributed by atoms with E-state index >= 15 is 0 Å². The zero-order valence-corrected chi connectivity index (χ0v) is 14.6. The maximum atomic E-state index is 12.4. The molecular formula is C18H25N3O2S. The number of nitrogens with two attached hydrogens (primary N) is 2. The average Bonchev–Trinajstić information content (AvgIpc) is 2.61. The SMILES string of the molecule is NCCCS(=O)(=O)N(CCN)Cc1ccc(-c2ccccc2)cc1. The van der Waals surface area contributed by atoms with Crippen LogP contribution in [0, 0.1) is 0 Å². The Kier molecular flexibility index (Phi) is 6.93. The van der Waals surface area contributed by atoms with E-state index < -0.39 is 10.0 Å². The summed E-state index contributed by atoms with van der Waals surface area (Å²) in [5.41, 5.74) is 14.2. The maximum Gasteiger partial charge on any atom is 0.214 e. The van der Waals surface area contributed by atoms with Crippen LogP contribution in [0.2, 0.25) is 0 Å². The molecule has 2 aromatic rings. The van der Waals surface area contributed by atoms with Crippen LogP contribution in [0.15, 0.2) is 54.6 Å². The second-order valence-corrected chi connectivity index (χ2v) is 7.73. The van der Waals surface area contributed by atoms with Gasteiger partial charge in [0.2, 0.25) is 10.0 Å². The summed E-state index contributed by atoms with van der Waals surface area (Å²) in [6.45, 7) is 1.30. The summed E-state index contributed by atoms with van der Waals surface area (Å²) < 4.78 is 26.2.